The Morgan fingerprint density at radius 2 is 1.94 bits per heavy atom. The first-order valence-electron chi connectivity index (χ1n) is 12.5. The summed E-state index contributed by atoms with van der Waals surface area (Å²) >= 11 is 6.94. The van der Waals surface area contributed by atoms with E-state index in [2.05, 4.69) is 43.9 Å². The molecule has 0 aliphatic heterocycles. The summed E-state index contributed by atoms with van der Waals surface area (Å²) < 4.78 is 0. The largest absolute Gasteiger partial charge is 0.377 e. The van der Waals surface area contributed by atoms with Crippen molar-refractivity contribution in [2.24, 2.45) is 28.6 Å². The Kier molecular flexibility index (Phi) is 4.63. The quantitative estimate of drug-likeness (QED) is 0.482. The lowest BCUT2D eigenvalue weighted by Crippen LogP contribution is -2.60. The number of halogens is 1. The molecule has 0 amide bonds. The lowest BCUT2D eigenvalue weighted by molar-refractivity contribution is -0.146. The molecule has 0 heterocycles. The minimum atomic E-state index is -1.10. The van der Waals surface area contributed by atoms with Crippen molar-refractivity contribution in [2.75, 3.05) is 0 Å². The van der Waals surface area contributed by atoms with Gasteiger partial charge in [0.1, 0.15) is 11.0 Å². The maximum atomic E-state index is 13.8. The second-order valence-electron chi connectivity index (χ2n) is 11.4. The number of hydrogen-bond acceptors (Lipinski definition) is 3. The molecule has 0 saturated heterocycles. The van der Waals surface area contributed by atoms with E-state index in [0.29, 0.717) is 12.8 Å². The summed E-state index contributed by atoms with van der Waals surface area (Å²) in [6.07, 6.45) is 7.76. The maximum Gasteiger partial charge on any atom is 0.158 e. The highest BCUT2D eigenvalue weighted by Crippen LogP contribution is 2.68. The first-order chi connectivity index (χ1) is 15.7. The second-order valence-corrected chi connectivity index (χ2v) is 11.8. The number of ketones is 2. The molecule has 1 spiro atoms. The number of alkyl halides is 1. The third-order valence-corrected chi connectivity index (χ3v) is 10.6. The lowest BCUT2D eigenvalue weighted by atomic mass is 9.44. The smallest absolute Gasteiger partial charge is 0.158 e. The Labute approximate surface area is 201 Å². The summed E-state index contributed by atoms with van der Waals surface area (Å²) in [4.78, 5) is 26.3. The SMILES string of the molecule is CCc1ccc2c(c1)C[C@]13CCC(=O)C=C1C(Cl)C(=O)[C@@H]1C3CC[C@@]3(C)[C@H]1CC[C@]3(O)C#C2. The monoisotopic (exact) mass is 462 g/mol. The van der Waals surface area contributed by atoms with Crippen LogP contribution in [0.3, 0.4) is 0 Å². The first-order valence-corrected chi connectivity index (χ1v) is 13.0. The first kappa shape index (κ1) is 21.6. The van der Waals surface area contributed by atoms with Crippen molar-refractivity contribution in [1.29, 1.82) is 0 Å². The van der Waals surface area contributed by atoms with Gasteiger partial charge in [0.05, 0.1) is 0 Å². The molecule has 7 rings (SSSR count). The molecule has 6 bridgehead atoms. The molecule has 3 nitrogen and oxygen atoms in total. The zero-order chi connectivity index (χ0) is 23.2. The van der Waals surface area contributed by atoms with Crippen molar-refractivity contribution in [3.8, 4) is 11.8 Å². The summed E-state index contributed by atoms with van der Waals surface area (Å²) in [5, 5.41) is 11.1. The summed E-state index contributed by atoms with van der Waals surface area (Å²) in [5.74, 6) is 6.90. The predicted molar refractivity (Wildman–Crippen MR) is 128 cm³/mol. The highest BCUT2D eigenvalue weighted by atomic mass is 35.5. The molecule has 3 fully saturated rings. The van der Waals surface area contributed by atoms with Gasteiger partial charge < -0.3 is 5.11 Å². The van der Waals surface area contributed by atoms with E-state index in [-0.39, 0.29) is 34.7 Å². The van der Waals surface area contributed by atoms with E-state index < -0.39 is 16.4 Å². The molecule has 1 aromatic carbocycles. The Bertz CT molecular complexity index is 1170. The third-order valence-electron chi connectivity index (χ3n) is 10.2. The summed E-state index contributed by atoms with van der Waals surface area (Å²) in [6.45, 7) is 4.29. The summed E-state index contributed by atoms with van der Waals surface area (Å²) in [6, 6.07) is 6.47. The average Bonchev–Trinajstić information content (AvgIpc) is 3.06. The Hall–Kier alpha value is -1.89. The van der Waals surface area contributed by atoms with E-state index in [9.17, 15) is 14.7 Å². The maximum absolute atomic E-state index is 13.8. The highest BCUT2D eigenvalue weighted by molar-refractivity contribution is 6.34. The van der Waals surface area contributed by atoms with Crippen LogP contribution in [0.1, 0.15) is 69.1 Å². The van der Waals surface area contributed by atoms with E-state index in [4.69, 9.17) is 11.6 Å². The number of benzene rings is 1. The molecule has 1 aromatic rings. The number of rotatable bonds is 1. The molecule has 172 valence electrons. The molecule has 6 aliphatic carbocycles. The molecule has 1 N–H and O–H groups in total. The number of allylic oxidation sites excluding steroid dienone is 1. The lowest BCUT2D eigenvalue weighted by Gasteiger charge is -2.59. The van der Waals surface area contributed by atoms with Gasteiger partial charge in [-0.15, -0.1) is 11.6 Å². The number of carbonyl (C=O) groups is 2. The van der Waals surface area contributed by atoms with Gasteiger partial charge in [-0.05, 0) is 85.6 Å². The Morgan fingerprint density at radius 3 is 2.73 bits per heavy atom. The minimum absolute atomic E-state index is 0.0631. The number of Topliss-reactive ketones (excluding diaryl/α,β-unsaturated/α-hetero) is 1. The van der Waals surface area contributed by atoms with Crippen LogP contribution in [-0.2, 0) is 22.4 Å². The number of fused-ring (bicyclic) bond motifs is 1. The van der Waals surface area contributed by atoms with Crippen LogP contribution in [-0.4, -0.2) is 27.7 Å². The molecule has 0 aromatic heterocycles. The topological polar surface area (TPSA) is 54.4 Å². The van der Waals surface area contributed by atoms with Crippen molar-refractivity contribution in [2.45, 2.75) is 76.2 Å². The fourth-order valence-electron chi connectivity index (χ4n) is 8.27. The van der Waals surface area contributed by atoms with Crippen LogP contribution in [0, 0.1) is 40.4 Å². The van der Waals surface area contributed by atoms with Crippen molar-refractivity contribution in [3.05, 3.63) is 46.5 Å². The summed E-state index contributed by atoms with van der Waals surface area (Å²) in [5.41, 5.74) is 2.41. The fourth-order valence-corrected chi connectivity index (χ4v) is 8.70. The number of aryl methyl sites for hydroxylation is 1. The average molecular weight is 463 g/mol. The van der Waals surface area contributed by atoms with Gasteiger partial charge in [-0.1, -0.05) is 37.8 Å². The van der Waals surface area contributed by atoms with E-state index in [1.54, 1.807) is 6.08 Å². The molecule has 6 aliphatic rings. The normalized spacial score (nSPS) is 43.1. The van der Waals surface area contributed by atoms with Crippen LogP contribution < -0.4 is 0 Å². The Balaban J connectivity index is 1.65. The van der Waals surface area contributed by atoms with Gasteiger partial charge >= 0.3 is 0 Å². The van der Waals surface area contributed by atoms with Gasteiger partial charge in [0.25, 0.3) is 0 Å². The molecule has 0 radical (unpaired) electrons. The standard InChI is InChI=1S/C29H31ClO3/c1-3-17-4-5-18-6-12-29(33)13-9-21-24-22(8-10-27(21,29)2)28(16-19(18)14-17)11-7-20(31)15-23(28)25(30)26(24)32/h4-5,14-15,21-22,24-25,33H,3,7-11,13,16H2,1-2H3/t21-,22?,24-,25?,27-,28-,29+/m0/s1. The number of hydrogen-bond donors (Lipinski definition) is 1. The molecular weight excluding hydrogens is 432 g/mol. The molecular formula is C29H31ClO3. The molecule has 3 saturated carbocycles. The highest BCUT2D eigenvalue weighted by Gasteiger charge is 2.68. The third kappa shape index (κ3) is 2.74. The molecule has 7 atom stereocenters. The molecule has 33 heavy (non-hydrogen) atoms. The van der Waals surface area contributed by atoms with Gasteiger partial charge in [-0.25, -0.2) is 0 Å². The fraction of sp³-hybridized carbons (Fsp3) is 0.586. The minimum Gasteiger partial charge on any atom is -0.377 e. The van der Waals surface area contributed by atoms with E-state index in [0.717, 1.165) is 55.2 Å². The van der Waals surface area contributed by atoms with Crippen LogP contribution in [0.25, 0.3) is 0 Å². The van der Waals surface area contributed by atoms with Crippen LogP contribution in [0.2, 0.25) is 0 Å². The van der Waals surface area contributed by atoms with Crippen molar-refractivity contribution >= 4 is 23.2 Å². The predicted octanol–water partition coefficient (Wildman–Crippen LogP) is 4.80. The van der Waals surface area contributed by atoms with Crippen LogP contribution in [0.5, 0.6) is 0 Å². The van der Waals surface area contributed by atoms with Gasteiger partial charge in [-0.3, -0.25) is 9.59 Å². The van der Waals surface area contributed by atoms with Gasteiger partial charge in [-0.2, -0.15) is 0 Å². The molecule has 2 unspecified atom stereocenters. The zero-order valence-corrected chi connectivity index (χ0v) is 20.2. The van der Waals surface area contributed by atoms with Crippen molar-refractivity contribution in [1.82, 2.24) is 0 Å². The number of carbonyl (C=O) groups excluding carboxylic acids is 2. The van der Waals surface area contributed by atoms with Gasteiger partial charge in [0.15, 0.2) is 11.6 Å². The van der Waals surface area contributed by atoms with Crippen LogP contribution in [0.15, 0.2) is 29.8 Å². The summed E-state index contributed by atoms with van der Waals surface area (Å²) in [7, 11) is 0. The zero-order valence-electron chi connectivity index (χ0n) is 19.4. The van der Waals surface area contributed by atoms with Gasteiger partial charge in [0, 0.05) is 28.7 Å². The van der Waals surface area contributed by atoms with E-state index in [1.165, 1.54) is 5.56 Å². The van der Waals surface area contributed by atoms with E-state index in [1.807, 2.05) is 0 Å². The molecule has 4 heteroatoms. The van der Waals surface area contributed by atoms with Crippen LogP contribution in [0.4, 0.5) is 0 Å². The second kappa shape index (κ2) is 7.06. The van der Waals surface area contributed by atoms with E-state index >= 15 is 0 Å². The Morgan fingerprint density at radius 1 is 1.15 bits per heavy atom. The van der Waals surface area contributed by atoms with Crippen LogP contribution >= 0.6 is 11.6 Å². The van der Waals surface area contributed by atoms with Gasteiger partial charge in [0.2, 0.25) is 0 Å². The van der Waals surface area contributed by atoms with Crippen molar-refractivity contribution in [3.63, 3.8) is 0 Å². The van der Waals surface area contributed by atoms with Crippen molar-refractivity contribution < 1.29 is 14.7 Å². The number of aliphatic hydroxyl groups is 1.